The molecule has 3 aromatic rings. The summed E-state index contributed by atoms with van der Waals surface area (Å²) in [6.07, 6.45) is 5.54. The molecule has 5 heteroatoms. The van der Waals surface area contributed by atoms with E-state index < -0.39 is 0 Å². The van der Waals surface area contributed by atoms with Crippen molar-refractivity contribution in [2.75, 3.05) is 0 Å². The van der Waals surface area contributed by atoms with Gasteiger partial charge in [-0.05, 0) is 42.3 Å². The van der Waals surface area contributed by atoms with Gasteiger partial charge in [-0.25, -0.2) is 4.39 Å². The van der Waals surface area contributed by atoms with Crippen molar-refractivity contribution in [3.63, 3.8) is 0 Å². The Balaban J connectivity index is 1.71. The fourth-order valence-corrected chi connectivity index (χ4v) is 2.62. The van der Waals surface area contributed by atoms with Crippen LogP contribution in [0.5, 0.6) is 0 Å². The lowest BCUT2D eigenvalue weighted by atomic mass is 10.0. The van der Waals surface area contributed by atoms with E-state index in [1.165, 1.54) is 12.1 Å². The summed E-state index contributed by atoms with van der Waals surface area (Å²) >= 11 is 0. The zero-order valence-corrected chi connectivity index (χ0v) is 13.8. The SMILES string of the molecule is C[C@@H](Cc1cnccn1)NC(=O)c1cccc(-c2cccc(F)c2)c1. The zero-order valence-electron chi connectivity index (χ0n) is 13.8. The van der Waals surface area contributed by atoms with Gasteiger partial charge in [0.2, 0.25) is 0 Å². The van der Waals surface area contributed by atoms with Gasteiger partial charge in [0.1, 0.15) is 5.82 Å². The summed E-state index contributed by atoms with van der Waals surface area (Å²) in [5.74, 6) is -0.473. The van der Waals surface area contributed by atoms with Crippen molar-refractivity contribution < 1.29 is 9.18 Å². The Bertz CT molecular complexity index is 868. The maximum Gasteiger partial charge on any atom is 0.251 e. The molecule has 0 aliphatic rings. The van der Waals surface area contributed by atoms with Crippen molar-refractivity contribution in [2.24, 2.45) is 0 Å². The summed E-state index contributed by atoms with van der Waals surface area (Å²) in [5.41, 5.74) is 2.90. The van der Waals surface area contributed by atoms with Gasteiger partial charge >= 0.3 is 0 Å². The molecule has 4 nitrogen and oxygen atoms in total. The summed E-state index contributed by atoms with van der Waals surface area (Å²) in [5, 5.41) is 2.95. The number of nitrogens with zero attached hydrogens (tertiary/aromatic N) is 2. The molecule has 3 rings (SSSR count). The van der Waals surface area contributed by atoms with Gasteiger partial charge in [-0.3, -0.25) is 14.8 Å². The Hall–Kier alpha value is -3.08. The van der Waals surface area contributed by atoms with Crippen molar-refractivity contribution in [3.8, 4) is 11.1 Å². The van der Waals surface area contributed by atoms with Crippen LogP contribution in [0.3, 0.4) is 0 Å². The van der Waals surface area contributed by atoms with E-state index in [0.29, 0.717) is 12.0 Å². The van der Waals surface area contributed by atoms with Crippen LogP contribution in [0, 0.1) is 5.82 Å². The fourth-order valence-electron chi connectivity index (χ4n) is 2.62. The van der Waals surface area contributed by atoms with Crippen LogP contribution >= 0.6 is 0 Å². The van der Waals surface area contributed by atoms with Gasteiger partial charge in [0.25, 0.3) is 5.91 Å². The van der Waals surface area contributed by atoms with Gasteiger partial charge in [-0.15, -0.1) is 0 Å². The van der Waals surface area contributed by atoms with E-state index in [2.05, 4.69) is 15.3 Å². The highest BCUT2D eigenvalue weighted by Gasteiger charge is 2.12. The normalized spacial score (nSPS) is 11.8. The maximum absolute atomic E-state index is 13.4. The van der Waals surface area contributed by atoms with Crippen molar-refractivity contribution in [2.45, 2.75) is 19.4 Å². The summed E-state index contributed by atoms with van der Waals surface area (Å²) in [6, 6.07) is 13.4. The third-order valence-corrected chi connectivity index (χ3v) is 3.79. The zero-order chi connectivity index (χ0) is 17.6. The monoisotopic (exact) mass is 335 g/mol. The van der Waals surface area contributed by atoms with Crippen LogP contribution < -0.4 is 5.32 Å². The highest BCUT2D eigenvalue weighted by molar-refractivity contribution is 5.95. The molecule has 1 heterocycles. The second-order valence-electron chi connectivity index (χ2n) is 5.87. The smallest absolute Gasteiger partial charge is 0.251 e. The molecule has 0 aliphatic carbocycles. The Morgan fingerprint density at radius 1 is 1.12 bits per heavy atom. The molecule has 0 fully saturated rings. The van der Waals surface area contributed by atoms with E-state index in [9.17, 15) is 9.18 Å². The number of hydrogen-bond acceptors (Lipinski definition) is 3. The molecule has 0 spiro atoms. The summed E-state index contributed by atoms with van der Waals surface area (Å²) < 4.78 is 13.4. The number of carbonyl (C=O) groups is 1. The second-order valence-corrected chi connectivity index (χ2v) is 5.87. The highest BCUT2D eigenvalue weighted by atomic mass is 19.1. The fraction of sp³-hybridized carbons (Fsp3) is 0.150. The first-order chi connectivity index (χ1) is 12.1. The minimum Gasteiger partial charge on any atom is -0.349 e. The Morgan fingerprint density at radius 3 is 2.60 bits per heavy atom. The standard InChI is InChI=1S/C20H18FN3O/c1-14(10-19-13-22-8-9-23-19)24-20(25)17-6-2-4-15(11-17)16-5-3-7-18(21)12-16/h2-9,11-14H,10H2,1H3,(H,24,25)/t14-/m0/s1. The third kappa shape index (κ3) is 4.47. The van der Waals surface area contributed by atoms with Crippen LogP contribution in [0.25, 0.3) is 11.1 Å². The molecule has 1 amide bonds. The molecular formula is C20H18FN3O. The number of halogens is 1. The number of benzene rings is 2. The van der Waals surface area contributed by atoms with Gasteiger partial charge < -0.3 is 5.32 Å². The van der Waals surface area contributed by atoms with E-state index in [-0.39, 0.29) is 17.8 Å². The first kappa shape index (κ1) is 16.8. The minimum absolute atomic E-state index is 0.0815. The van der Waals surface area contributed by atoms with Crippen molar-refractivity contribution in [1.82, 2.24) is 15.3 Å². The van der Waals surface area contributed by atoms with Gasteiger partial charge in [0, 0.05) is 36.6 Å². The minimum atomic E-state index is -0.301. The first-order valence-electron chi connectivity index (χ1n) is 8.03. The predicted molar refractivity (Wildman–Crippen MR) is 94.5 cm³/mol. The molecule has 0 saturated carbocycles. The van der Waals surface area contributed by atoms with Crippen LogP contribution in [0.4, 0.5) is 4.39 Å². The van der Waals surface area contributed by atoms with Crippen LogP contribution in [0.15, 0.2) is 67.1 Å². The lowest BCUT2D eigenvalue weighted by Crippen LogP contribution is -2.34. The highest BCUT2D eigenvalue weighted by Crippen LogP contribution is 2.21. The number of nitrogens with one attached hydrogen (secondary N) is 1. The molecule has 1 N–H and O–H groups in total. The third-order valence-electron chi connectivity index (χ3n) is 3.79. The summed E-state index contributed by atoms with van der Waals surface area (Å²) in [6.45, 7) is 1.92. The maximum atomic E-state index is 13.4. The molecule has 0 aliphatic heterocycles. The molecule has 0 saturated heterocycles. The number of rotatable bonds is 5. The van der Waals surface area contributed by atoms with Crippen LogP contribution in [0.2, 0.25) is 0 Å². The molecule has 1 aromatic heterocycles. The van der Waals surface area contributed by atoms with Gasteiger partial charge in [-0.2, -0.15) is 0 Å². The largest absolute Gasteiger partial charge is 0.349 e. The molecule has 0 bridgehead atoms. The molecule has 126 valence electrons. The topological polar surface area (TPSA) is 54.9 Å². The first-order valence-corrected chi connectivity index (χ1v) is 8.03. The molecule has 1 atom stereocenters. The van der Waals surface area contributed by atoms with E-state index in [4.69, 9.17) is 0 Å². The van der Waals surface area contributed by atoms with Crippen LogP contribution in [-0.4, -0.2) is 21.9 Å². The molecule has 0 radical (unpaired) electrons. The van der Waals surface area contributed by atoms with Gasteiger partial charge in [-0.1, -0.05) is 24.3 Å². The van der Waals surface area contributed by atoms with E-state index in [0.717, 1.165) is 16.8 Å². The Kier molecular flexibility index (Phi) is 5.14. The Labute approximate surface area is 145 Å². The number of aromatic nitrogens is 2. The lowest BCUT2D eigenvalue weighted by Gasteiger charge is -2.14. The average molecular weight is 335 g/mol. The molecular weight excluding hydrogens is 317 g/mol. The van der Waals surface area contributed by atoms with Crippen molar-refractivity contribution in [3.05, 3.63) is 84.2 Å². The van der Waals surface area contributed by atoms with Crippen molar-refractivity contribution in [1.29, 1.82) is 0 Å². The van der Waals surface area contributed by atoms with Crippen LogP contribution in [0.1, 0.15) is 23.0 Å². The van der Waals surface area contributed by atoms with E-state index in [1.54, 1.807) is 42.9 Å². The predicted octanol–water partition coefficient (Wildman–Crippen LogP) is 3.64. The van der Waals surface area contributed by atoms with Gasteiger partial charge in [0.15, 0.2) is 0 Å². The number of carbonyl (C=O) groups excluding carboxylic acids is 1. The van der Waals surface area contributed by atoms with Crippen LogP contribution in [-0.2, 0) is 6.42 Å². The molecule has 2 aromatic carbocycles. The lowest BCUT2D eigenvalue weighted by molar-refractivity contribution is 0.0940. The number of amides is 1. The Morgan fingerprint density at radius 2 is 1.88 bits per heavy atom. The summed E-state index contributed by atoms with van der Waals surface area (Å²) in [7, 11) is 0. The van der Waals surface area contributed by atoms with E-state index in [1.807, 2.05) is 19.1 Å². The quantitative estimate of drug-likeness (QED) is 0.774. The summed E-state index contributed by atoms with van der Waals surface area (Å²) in [4.78, 5) is 20.7. The molecule has 25 heavy (non-hydrogen) atoms. The van der Waals surface area contributed by atoms with E-state index >= 15 is 0 Å². The second kappa shape index (κ2) is 7.66. The van der Waals surface area contributed by atoms with Crippen molar-refractivity contribution >= 4 is 5.91 Å². The average Bonchev–Trinajstić information content (AvgIpc) is 2.62. The number of hydrogen-bond donors (Lipinski definition) is 1. The molecule has 0 unspecified atom stereocenters. The van der Waals surface area contributed by atoms with Gasteiger partial charge in [0.05, 0.1) is 5.69 Å².